The molecule has 0 atom stereocenters. The molecular formula is C24H16Br2Cl2N2O2S. The van der Waals surface area contributed by atoms with Crippen LogP contribution in [-0.2, 0) is 11.4 Å². The van der Waals surface area contributed by atoms with Crippen molar-refractivity contribution in [1.82, 2.24) is 5.32 Å². The molecular weight excluding hydrogens is 611 g/mol. The smallest absolute Gasteiger partial charge is 0.264 e. The zero-order chi connectivity index (χ0) is 23.5. The summed E-state index contributed by atoms with van der Waals surface area (Å²) in [5.74, 6) is 0.448. The van der Waals surface area contributed by atoms with E-state index in [9.17, 15) is 4.79 Å². The van der Waals surface area contributed by atoms with Gasteiger partial charge in [-0.15, -0.1) is 0 Å². The molecule has 1 aliphatic heterocycles. The molecule has 0 saturated carbocycles. The maximum Gasteiger partial charge on any atom is 0.264 e. The molecule has 1 N–H and O–H groups in total. The Morgan fingerprint density at radius 3 is 2.48 bits per heavy atom. The maximum atomic E-state index is 12.5. The summed E-state index contributed by atoms with van der Waals surface area (Å²) in [6.45, 7) is 2.22. The van der Waals surface area contributed by atoms with E-state index in [-0.39, 0.29) is 5.91 Å². The van der Waals surface area contributed by atoms with Crippen molar-refractivity contribution >= 4 is 89.7 Å². The van der Waals surface area contributed by atoms with Crippen LogP contribution in [0.15, 0.2) is 73.4 Å². The van der Waals surface area contributed by atoms with Gasteiger partial charge in [-0.3, -0.25) is 4.79 Å². The molecule has 0 bridgehead atoms. The van der Waals surface area contributed by atoms with Crippen LogP contribution in [0.4, 0.5) is 5.69 Å². The number of rotatable bonds is 5. The molecule has 1 aliphatic rings. The second-order valence-corrected chi connectivity index (χ2v) is 10.6. The Labute approximate surface area is 222 Å². The van der Waals surface area contributed by atoms with E-state index in [1.807, 2.05) is 61.5 Å². The van der Waals surface area contributed by atoms with Crippen molar-refractivity contribution in [3.05, 3.63) is 95.2 Å². The molecule has 0 radical (unpaired) electrons. The van der Waals surface area contributed by atoms with Gasteiger partial charge in [-0.2, -0.15) is 0 Å². The lowest BCUT2D eigenvalue weighted by Crippen LogP contribution is -2.19. The molecule has 4 rings (SSSR count). The van der Waals surface area contributed by atoms with Crippen molar-refractivity contribution in [1.29, 1.82) is 0 Å². The Hall–Kier alpha value is -1.77. The summed E-state index contributed by atoms with van der Waals surface area (Å²) in [6, 6.07) is 16.8. The summed E-state index contributed by atoms with van der Waals surface area (Å²) < 4.78 is 7.48. The number of halogens is 4. The number of nitrogens with one attached hydrogen (secondary N) is 1. The number of hydrogen-bond donors (Lipinski definition) is 1. The topological polar surface area (TPSA) is 50.7 Å². The third-order valence-corrected chi connectivity index (χ3v) is 7.63. The van der Waals surface area contributed by atoms with Gasteiger partial charge in [0.15, 0.2) is 5.17 Å². The maximum absolute atomic E-state index is 12.5. The minimum Gasteiger partial charge on any atom is -0.486 e. The molecule has 1 amide bonds. The number of aliphatic imine (C=N–C) groups is 1. The fraction of sp³-hybridized carbons (Fsp3) is 0.0833. The molecule has 1 heterocycles. The van der Waals surface area contributed by atoms with Crippen molar-refractivity contribution in [2.24, 2.45) is 4.99 Å². The summed E-state index contributed by atoms with van der Waals surface area (Å²) in [5, 5.41) is 4.60. The monoisotopic (exact) mass is 624 g/mol. The first-order valence-corrected chi connectivity index (χ1v) is 12.9. The van der Waals surface area contributed by atoms with Crippen molar-refractivity contribution in [2.45, 2.75) is 13.5 Å². The standard InChI is InChI=1S/C24H16Br2Cl2N2O2S/c1-13-18(27)7-4-8-20(13)29-24-30-23(31)21(33-24)11-14-9-16(25)22(17(26)10-14)32-12-15-5-2-3-6-19(15)28/h2-11H,12H2,1H3,(H,29,30,31)/b21-11+. The molecule has 9 heteroatoms. The van der Waals surface area contributed by atoms with Crippen molar-refractivity contribution in [3.8, 4) is 5.75 Å². The Bertz CT molecular complexity index is 1290. The van der Waals surface area contributed by atoms with Gasteiger partial charge in [0.05, 0.1) is 19.5 Å². The lowest BCUT2D eigenvalue weighted by Gasteiger charge is -2.12. The molecule has 3 aromatic rings. The van der Waals surface area contributed by atoms with E-state index in [1.165, 1.54) is 11.8 Å². The molecule has 0 unspecified atom stereocenters. The highest BCUT2D eigenvalue weighted by Crippen LogP contribution is 2.37. The number of benzene rings is 3. The van der Waals surface area contributed by atoms with E-state index >= 15 is 0 Å². The molecule has 1 saturated heterocycles. The minimum absolute atomic E-state index is 0.204. The van der Waals surface area contributed by atoms with Crippen molar-refractivity contribution in [2.75, 3.05) is 0 Å². The summed E-state index contributed by atoms with van der Waals surface area (Å²) >= 11 is 20.8. The van der Waals surface area contributed by atoms with E-state index in [4.69, 9.17) is 27.9 Å². The normalized spacial score (nSPS) is 15.8. The average Bonchev–Trinajstić information content (AvgIpc) is 3.10. The van der Waals surface area contributed by atoms with Crippen LogP contribution in [0.2, 0.25) is 10.0 Å². The van der Waals surface area contributed by atoms with Crippen LogP contribution in [0.1, 0.15) is 16.7 Å². The Morgan fingerprint density at radius 2 is 1.76 bits per heavy atom. The first-order valence-electron chi connectivity index (χ1n) is 9.72. The summed E-state index contributed by atoms with van der Waals surface area (Å²) in [6.07, 6.45) is 1.81. The van der Waals surface area contributed by atoms with E-state index in [0.717, 1.165) is 31.3 Å². The molecule has 0 spiro atoms. The fourth-order valence-electron chi connectivity index (χ4n) is 3.02. The highest BCUT2D eigenvalue weighted by atomic mass is 79.9. The van der Waals surface area contributed by atoms with Crippen LogP contribution in [0.25, 0.3) is 6.08 Å². The third kappa shape index (κ3) is 5.84. The van der Waals surface area contributed by atoms with Crippen molar-refractivity contribution in [3.63, 3.8) is 0 Å². The summed E-state index contributed by atoms with van der Waals surface area (Å²) in [7, 11) is 0. The van der Waals surface area contributed by atoms with E-state index in [1.54, 1.807) is 6.08 Å². The largest absolute Gasteiger partial charge is 0.486 e. The lowest BCUT2D eigenvalue weighted by molar-refractivity contribution is -0.115. The van der Waals surface area contributed by atoms with Gasteiger partial charge in [0, 0.05) is 15.6 Å². The molecule has 0 aliphatic carbocycles. The molecule has 168 valence electrons. The zero-order valence-electron chi connectivity index (χ0n) is 17.2. The Balaban J connectivity index is 1.53. The quantitative estimate of drug-likeness (QED) is 0.290. The first kappa shape index (κ1) is 24.4. The highest BCUT2D eigenvalue weighted by Gasteiger charge is 2.24. The number of amidine groups is 1. The Kier molecular flexibility index (Phi) is 7.87. The van der Waals surface area contributed by atoms with E-state index in [2.05, 4.69) is 42.2 Å². The predicted octanol–water partition coefficient (Wildman–Crippen LogP) is 8.30. The number of carbonyl (C=O) groups is 1. The van der Waals surface area contributed by atoms with Gasteiger partial charge in [-0.05, 0) is 98.1 Å². The average molecular weight is 627 g/mol. The SMILES string of the molecule is Cc1c(Cl)cccc1N=C1NC(=O)/C(=C\c2cc(Br)c(OCc3ccccc3Cl)c(Br)c2)S1. The zero-order valence-corrected chi connectivity index (χ0v) is 22.7. The van der Waals surface area contributed by atoms with Gasteiger partial charge in [0.25, 0.3) is 5.91 Å². The Morgan fingerprint density at radius 1 is 1.06 bits per heavy atom. The number of carbonyl (C=O) groups excluding carboxylic acids is 1. The molecule has 0 aromatic heterocycles. The van der Waals surface area contributed by atoms with Crippen LogP contribution in [0.5, 0.6) is 5.75 Å². The van der Waals surface area contributed by atoms with Gasteiger partial charge >= 0.3 is 0 Å². The van der Waals surface area contributed by atoms with Gasteiger partial charge in [0.1, 0.15) is 12.4 Å². The van der Waals surface area contributed by atoms with Gasteiger partial charge in [0.2, 0.25) is 0 Å². The van der Waals surface area contributed by atoms with Gasteiger partial charge in [-0.25, -0.2) is 4.99 Å². The predicted molar refractivity (Wildman–Crippen MR) is 145 cm³/mol. The van der Waals surface area contributed by atoms with Crippen LogP contribution in [0, 0.1) is 6.92 Å². The second kappa shape index (κ2) is 10.7. The van der Waals surface area contributed by atoms with Gasteiger partial charge < -0.3 is 10.1 Å². The number of nitrogens with zero attached hydrogens (tertiary/aromatic N) is 1. The number of thioether (sulfide) groups is 1. The second-order valence-electron chi connectivity index (χ2n) is 7.06. The lowest BCUT2D eigenvalue weighted by atomic mass is 10.2. The molecule has 1 fully saturated rings. The van der Waals surface area contributed by atoms with Crippen LogP contribution >= 0.6 is 66.8 Å². The number of hydrogen-bond acceptors (Lipinski definition) is 4. The summed E-state index contributed by atoms with van der Waals surface area (Å²) in [4.78, 5) is 17.6. The number of amides is 1. The van der Waals surface area contributed by atoms with Crippen LogP contribution in [0.3, 0.4) is 0 Å². The summed E-state index contributed by atoms with van der Waals surface area (Å²) in [5.41, 5.74) is 3.30. The first-order chi connectivity index (χ1) is 15.8. The highest BCUT2D eigenvalue weighted by molar-refractivity contribution is 9.11. The molecule has 33 heavy (non-hydrogen) atoms. The fourth-order valence-corrected chi connectivity index (χ4v) is 5.67. The molecule has 4 nitrogen and oxygen atoms in total. The minimum atomic E-state index is -0.204. The van der Waals surface area contributed by atoms with E-state index < -0.39 is 0 Å². The molecule has 3 aromatic carbocycles. The third-order valence-electron chi connectivity index (χ3n) is 4.76. The number of ether oxygens (including phenoxy) is 1. The van der Waals surface area contributed by atoms with Crippen LogP contribution < -0.4 is 10.1 Å². The van der Waals surface area contributed by atoms with Gasteiger partial charge in [-0.1, -0.05) is 47.5 Å². The van der Waals surface area contributed by atoms with Crippen LogP contribution in [-0.4, -0.2) is 11.1 Å². The van der Waals surface area contributed by atoms with E-state index in [0.29, 0.717) is 32.5 Å². The van der Waals surface area contributed by atoms with Crippen molar-refractivity contribution < 1.29 is 9.53 Å².